The van der Waals surface area contributed by atoms with E-state index >= 15 is 0 Å². The summed E-state index contributed by atoms with van der Waals surface area (Å²) < 4.78 is 91.4. The highest BCUT2D eigenvalue weighted by molar-refractivity contribution is 5.79. The number of alkyl halides is 5. The summed E-state index contributed by atoms with van der Waals surface area (Å²) in [5.74, 6) is -1.00. The molecule has 2 aromatic heterocycles. The molecule has 0 saturated heterocycles. The van der Waals surface area contributed by atoms with Crippen molar-refractivity contribution in [3.63, 3.8) is 0 Å². The van der Waals surface area contributed by atoms with Gasteiger partial charge in [0.25, 0.3) is 0 Å². The second-order valence-electron chi connectivity index (χ2n) is 11.4. The summed E-state index contributed by atoms with van der Waals surface area (Å²) in [6.45, 7) is 1.65. The molecular weight excluding hydrogens is 569 g/mol. The monoisotopic (exact) mass is 593 g/mol. The standard InChI is InChI=1S/C28H24F5N3O6/c1-14(15-8-9-17-19(10-15)42-28(32,33)41-17)39-21-7-3-6-20(34-21)36-22-16(23(35-36)27(29,30)31)4-2-5-18(22)40-26-11-25(12-26,13-26)24(37)38/h3,6-10,14,18H,2,4-5,11-13H2,1H3,(H,37,38)/t14-,18-,25?,26?/m0/s1. The Labute approximate surface area is 235 Å². The van der Waals surface area contributed by atoms with Crippen molar-refractivity contribution in [3.05, 3.63) is 58.9 Å². The Kier molecular flexibility index (Phi) is 5.63. The number of carbonyl (C=O) groups is 1. The average molecular weight is 594 g/mol. The third-order valence-corrected chi connectivity index (χ3v) is 8.44. The topological polar surface area (TPSA) is 105 Å². The summed E-state index contributed by atoms with van der Waals surface area (Å²) in [7, 11) is 0. The van der Waals surface area contributed by atoms with Gasteiger partial charge in [-0.15, -0.1) is 8.78 Å². The maximum Gasteiger partial charge on any atom is 0.586 e. The predicted octanol–water partition coefficient (Wildman–Crippen LogP) is 6.15. The molecule has 9 nitrogen and oxygen atoms in total. The second kappa shape index (κ2) is 8.79. The summed E-state index contributed by atoms with van der Waals surface area (Å²) in [6.07, 6.45) is -7.83. The Bertz CT molecular complexity index is 1590. The van der Waals surface area contributed by atoms with Crippen molar-refractivity contribution >= 4 is 5.97 Å². The average Bonchev–Trinajstić information content (AvgIpc) is 3.41. The van der Waals surface area contributed by atoms with Gasteiger partial charge in [-0.3, -0.25) is 4.79 Å². The van der Waals surface area contributed by atoms with E-state index in [0.29, 0.717) is 37.7 Å². The van der Waals surface area contributed by atoms with Gasteiger partial charge in [0.2, 0.25) is 5.88 Å². The van der Waals surface area contributed by atoms with Crippen LogP contribution in [0.15, 0.2) is 36.4 Å². The number of aromatic nitrogens is 3. The van der Waals surface area contributed by atoms with Gasteiger partial charge in [0.15, 0.2) is 23.0 Å². The van der Waals surface area contributed by atoms with Crippen LogP contribution in [0, 0.1) is 5.41 Å². The fraction of sp³-hybridized carbons (Fsp3) is 0.464. The molecule has 14 heteroatoms. The third-order valence-electron chi connectivity index (χ3n) is 8.44. The molecule has 3 heterocycles. The van der Waals surface area contributed by atoms with Crippen LogP contribution in [0.3, 0.4) is 0 Å². The van der Waals surface area contributed by atoms with Crippen LogP contribution in [0.5, 0.6) is 17.4 Å². The van der Waals surface area contributed by atoms with Crippen LogP contribution in [0.4, 0.5) is 22.0 Å². The zero-order valence-corrected chi connectivity index (χ0v) is 22.1. The van der Waals surface area contributed by atoms with Crippen molar-refractivity contribution < 1.29 is 50.8 Å². The molecule has 2 bridgehead atoms. The van der Waals surface area contributed by atoms with Gasteiger partial charge in [-0.1, -0.05) is 12.1 Å². The molecule has 0 radical (unpaired) electrons. The van der Waals surface area contributed by atoms with E-state index in [1.165, 1.54) is 30.3 Å². The van der Waals surface area contributed by atoms with Gasteiger partial charge in [0, 0.05) is 11.6 Å². The molecule has 42 heavy (non-hydrogen) atoms. The highest BCUT2D eigenvalue weighted by atomic mass is 19.4. The van der Waals surface area contributed by atoms with Gasteiger partial charge in [-0.2, -0.15) is 23.3 Å². The lowest BCUT2D eigenvalue weighted by molar-refractivity contribution is -0.300. The molecule has 4 aliphatic carbocycles. The van der Waals surface area contributed by atoms with Crippen molar-refractivity contribution in [3.8, 4) is 23.2 Å². The number of ether oxygens (including phenoxy) is 4. The molecular formula is C28H24F5N3O6. The molecule has 5 aliphatic rings. The lowest BCUT2D eigenvalue weighted by Gasteiger charge is -2.67. The number of carboxylic acids is 1. The molecule has 0 amide bonds. The quantitative estimate of drug-likeness (QED) is 0.326. The zero-order chi connectivity index (χ0) is 29.7. The number of rotatable bonds is 7. The molecule has 0 spiro atoms. The van der Waals surface area contributed by atoms with E-state index in [-0.39, 0.29) is 40.9 Å². The number of hydrogen-bond donors (Lipinski definition) is 1. The summed E-state index contributed by atoms with van der Waals surface area (Å²) in [4.78, 5) is 16.0. The lowest BCUT2D eigenvalue weighted by Crippen LogP contribution is -2.71. The van der Waals surface area contributed by atoms with E-state index in [2.05, 4.69) is 19.6 Å². The van der Waals surface area contributed by atoms with Crippen LogP contribution in [0.2, 0.25) is 0 Å². The van der Waals surface area contributed by atoms with Crippen LogP contribution in [0.25, 0.3) is 5.82 Å². The van der Waals surface area contributed by atoms with E-state index in [1.54, 1.807) is 13.0 Å². The Morgan fingerprint density at radius 1 is 1.14 bits per heavy atom. The van der Waals surface area contributed by atoms with Gasteiger partial charge in [0.1, 0.15) is 12.2 Å². The number of halogens is 5. The highest BCUT2D eigenvalue weighted by Gasteiger charge is 2.73. The van der Waals surface area contributed by atoms with E-state index < -0.39 is 47.4 Å². The smallest absolute Gasteiger partial charge is 0.481 e. The van der Waals surface area contributed by atoms with Crippen LogP contribution >= 0.6 is 0 Å². The minimum atomic E-state index is -4.71. The molecule has 1 N–H and O–H groups in total. The normalized spacial score (nSPS) is 27.4. The van der Waals surface area contributed by atoms with Crippen molar-refractivity contribution in [2.24, 2.45) is 5.41 Å². The third kappa shape index (κ3) is 4.26. The van der Waals surface area contributed by atoms with E-state index in [1.807, 2.05) is 0 Å². The first-order valence-corrected chi connectivity index (χ1v) is 13.4. The molecule has 8 rings (SSSR count). The van der Waals surface area contributed by atoms with Crippen molar-refractivity contribution in [2.45, 2.75) is 75.7 Å². The molecule has 222 valence electrons. The molecule has 0 unspecified atom stereocenters. The van der Waals surface area contributed by atoms with Crippen LogP contribution in [-0.4, -0.2) is 37.7 Å². The number of nitrogens with zero attached hydrogens (tertiary/aromatic N) is 3. The maximum atomic E-state index is 14.1. The molecule has 1 aliphatic heterocycles. The van der Waals surface area contributed by atoms with Gasteiger partial charge >= 0.3 is 18.4 Å². The second-order valence-corrected chi connectivity index (χ2v) is 11.4. The van der Waals surface area contributed by atoms with Crippen LogP contribution in [-0.2, 0) is 22.1 Å². The van der Waals surface area contributed by atoms with Crippen LogP contribution in [0.1, 0.15) is 73.8 Å². The van der Waals surface area contributed by atoms with Crippen molar-refractivity contribution in [1.29, 1.82) is 0 Å². The first-order valence-electron chi connectivity index (χ1n) is 13.4. The van der Waals surface area contributed by atoms with Gasteiger partial charge < -0.3 is 24.1 Å². The Hall–Kier alpha value is -3.94. The Morgan fingerprint density at radius 2 is 1.88 bits per heavy atom. The van der Waals surface area contributed by atoms with Crippen molar-refractivity contribution in [2.75, 3.05) is 0 Å². The van der Waals surface area contributed by atoms with Crippen molar-refractivity contribution in [1.82, 2.24) is 14.8 Å². The largest absolute Gasteiger partial charge is 0.586 e. The number of carboxylic acid groups (broad SMARTS) is 1. The fourth-order valence-electron chi connectivity index (χ4n) is 6.56. The maximum absolute atomic E-state index is 14.1. The van der Waals surface area contributed by atoms with E-state index in [0.717, 1.165) is 4.68 Å². The first-order chi connectivity index (χ1) is 19.8. The Balaban J connectivity index is 1.18. The summed E-state index contributed by atoms with van der Waals surface area (Å²) in [5, 5.41) is 13.4. The SMILES string of the molecule is C[C@H](Oc1cccc(-n2nc(C(F)(F)F)c3c2[C@@H](OC24CC(C(=O)O)(C2)C4)CCC3)n1)c1ccc2c(c1)OC(F)(F)O2. The van der Waals surface area contributed by atoms with Gasteiger partial charge in [0.05, 0.1) is 16.7 Å². The highest BCUT2D eigenvalue weighted by Crippen LogP contribution is 2.70. The molecule has 2 atom stereocenters. The number of pyridine rings is 1. The predicted molar refractivity (Wildman–Crippen MR) is 131 cm³/mol. The number of benzene rings is 1. The molecule has 3 saturated carbocycles. The lowest BCUT2D eigenvalue weighted by atomic mass is 9.41. The molecule has 3 aromatic rings. The first kappa shape index (κ1) is 26.9. The van der Waals surface area contributed by atoms with E-state index in [9.17, 15) is 31.9 Å². The molecule has 1 aromatic carbocycles. The van der Waals surface area contributed by atoms with Gasteiger partial charge in [-0.25, -0.2) is 4.68 Å². The summed E-state index contributed by atoms with van der Waals surface area (Å²) in [5.41, 5.74) is -1.70. The zero-order valence-electron chi connectivity index (χ0n) is 22.1. The van der Waals surface area contributed by atoms with Crippen LogP contribution < -0.4 is 14.2 Å². The number of aliphatic carboxylic acids is 1. The summed E-state index contributed by atoms with van der Waals surface area (Å²) in [6, 6.07) is 8.78. The number of hydrogen-bond acceptors (Lipinski definition) is 7. The Morgan fingerprint density at radius 3 is 2.60 bits per heavy atom. The van der Waals surface area contributed by atoms with E-state index in [4.69, 9.17) is 9.47 Å². The summed E-state index contributed by atoms with van der Waals surface area (Å²) >= 11 is 0. The minimum Gasteiger partial charge on any atom is -0.481 e. The minimum absolute atomic E-state index is 0.0388. The fourth-order valence-corrected chi connectivity index (χ4v) is 6.56. The number of fused-ring (bicyclic) bond motifs is 2. The molecule has 3 fully saturated rings. The van der Waals surface area contributed by atoms with Gasteiger partial charge in [-0.05, 0) is 69.2 Å².